The van der Waals surface area contributed by atoms with Crippen molar-refractivity contribution in [3.05, 3.63) is 46.8 Å². The number of hydrogen-bond acceptors (Lipinski definition) is 5. The monoisotopic (exact) mass is 402 g/mol. The SMILES string of the molecule is CCC(CC)c1cc(CNC(=NC)NCc2ccc(C)cc2OCCOC)on1. The Morgan fingerprint density at radius 1 is 1.14 bits per heavy atom. The third kappa shape index (κ3) is 7.09. The van der Waals surface area contributed by atoms with E-state index in [1.165, 1.54) is 0 Å². The van der Waals surface area contributed by atoms with Crippen molar-refractivity contribution in [2.45, 2.75) is 52.6 Å². The van der Waals surface area contributed by atoms with E-state index in [1.54, 1.807) is 14.2 Å². The van der Waals surface area contributed by atoms with Crippen LogP contribution in [0.3, 0.4) is 0 Å². The number of guanidine groups is 1. The molecule has 0 saturated carbocycles. The van der Waals surface area contributed by atoms with Gasteiger partial charge in [-0.15, -0.1) is 0 Å². The van der Waals surface area contributed by atoms with Gasteiger partial charge in [-0.2, -0.15) is 0 Å². The molecule has 7 nitrogen and oxygen atoms in total. The number of nitrogens with one attached hydrogen (secondary N) is 2. The average Bonchev–Trinajstić information content (AvgIpc) is 3.19. The quantitative estimate of drug-likeness (QED) is 0.338. The molecule has 2 rings (SSSR count). The van der Waals surface area contributed by atoms with Gasteiger partial charge in [0, 0.05) is 38.2 Å². The lowest BCUT2D eigenvalue weighted by molar-refractivity contribution is 0.145. The Bertz CT molecular complexity index is 769. The van der Waals surface area contributed by atoms with Crippen LogP contribution >= 0.6 is 0 Å². The molecule has 0 aliphatic carbocycles. The molecule has 2 aromatic rings. The molecule has 1 aromatic carbocycles. The molecule has 1 heterocycles. The maximum atomic E-state index is 5.85. The van der Waals surface area contributed by atoms with Crippen LogP contribution < -0.4 is 15.4 Å². The molecule has 0 aliphatic rings. The summed E-state index contributed by atoms with van der Waals surface area (Å²) < 4.78 is 16.4. The van der Waals surface area contributed by atoms with E-state index in [0.717, 1.165) is 41.2 Å². The third-order valence-corrected chi connectivity index (χ3v) is 4.85. The first-order chi connectivity index (χ1) is 14.1. The molecule has 7 heteroatoms. The fourth-order valence-electron chi connectivity index (χ4n) is 3.06. The number of nitrogens with zero attached hydrogens (tertiary/aromatic N) is 2. The van der Waals surface area contributed by atoms with Gasteiger partial charge in [0.2, 0.25) is 0 Å². The minimum atomic E-state index is 0.447. The van der Waals surface area contributed by atoms with Crippen molar-refractivity contribution in [3.63, 3.8) is 0 Å². The van der Waals surface area contributed by atoms with E-state index in [0.29, 0.717) is 38.2 Å². The van der Waals surface area contributed by atoms with Crippen LogP contribution in [0.5, 0.6) is 5.75 Å². The van der Waals surface area contributed by atoms with E-state index in [2.05, 4.69) is 46.8 Å². The molecule has 0 spiro atoms. The van der Waals surface area contributed by atoms with Gasteiger partial charge in [-0.3, -0.25) is 4.99 Å². The number of aromatic nitrogens is 1. The Balaban J connectivity index is 1.91. The maximum Gasteiger partial charge on any atom is 0.191 e. The highest BCUT2D eigenvalue weighted by Crippen LogP contribution is 2.22. The molecular formula is C22H34N4O3. The van der Waals surface area contributed by atoms with Gasteiger partial charge >= 0.3 is 0 Å². The molecule has 0 amide bonds. The van der Waals surface area contributed by atoms with Crippen LogP contribution in [-0.4, -0.2) is 38.5 Å². The Kier molecular flexibility index (Phi) is 9.50. The highest BCUT2D eigenvalue weighted by Gasteiger charge is 2.13. The molecular weight excluding hydrogens is 368 g/mol. The van der Waals surface area contributed by atoms with Crippen molar-refractivity contribution in [2.24, 2.45) is 4.99 Å². The lowest BCUT2D eigenvalue weighted by Crippen LogP contribution is -2.36. The summed E-state index contributed by atoms with van der Waals surface area (Å²) in [6.07, 6.45) is 2.12. The predicted octanol–water partition coefficient (Wildman–Crippen LogP) is 3.78. The molecule has 1 aromatic heterocycles. The molecule has 0 fully saturated rings. The number of aryl methyl sites for hydroxylation is 1. The summed E-state index contributed by atoms with van der Waals surface area (Å²) >= 11 is 0. The van der Waals surface area contributed by atoms with Gasteiger partial charge < -0.3 is 24.6 Å². The van der Waals surface area contributed by atoms with E-state index >= 15 is 0 Å². The number of rotatable bonds is 11. The van der Waals surface area contributed by atoms with Crippen LogP contribution in [0.1, 0.15) is 55.2 Å². The molecule has 0 unspecified atom stereocenters. The normalized spacial score (nSPS) is 11.7. The van der Waals surface area contributed by atoms with E-state index < -0.39 is 0 Å². The van der Waals surface area contributed by atoms with E-state index in [4.69, 9.17) is 14.0 Å². The highest BCUT2D eigenvalue weighted by molar-refractivity contribution is 5.79. The van der Waals surface area contributed by atoms with Crippen molar-refractivity contribution < 1.29 is 14.0 Å². The molecule has 2 N–H and O–H groups in total. The molecule has 0 aliphatic heterocycles. The van der Waals surface area contributed by atoms with Crippen molar-refractivity contribution >= 4 is 5.96 Å². The summed E-state index contributed by atoms with van der Waals surface area (Å²) in [5, 5.41) is 10.8. The Hall–Kier alpha value is -2.54. The standard InChI is InChI=1S/C22H34N4O3/c1-6-17(7-2)20-13-19(29-26-20)15-25-22(23-4)24-14-18-9-8-16(3)12-21(18)28-11-10-27-5/h8-9,12-13,17H,6-7,10-11,14-15H2,1-5H3,(H2,23,24,25). The van der Waals surface area contributed by atoms with Gasteiger partial charge in [0.05, 0.1) is 18.8 Å². The van der Waals surface area contributed by atoms with Crippen molar-refractivity contribution in [3.8, 4) is 5.75 Å². The Morgan fingerprint density at radius 2 is 1.90 bits per heavy atom. The van der Waals surface area contributed by atoms with Crippen LogP contribution in [-0.2, 0) is 17.8 Å². The van der Waals surface area contributed by atoms with Crippen LogP contribution in [0.15, 0.2) is 33.8 Å². The van der Waals surface area contributed by atoms with Gasteiger partial charge in [-0.25, -0.2) is 0 Å². The predicted molar refractivity (Wildman–Crippen MR) is 115 cm³/mol. The zero-order valence-electron chi connectivity index (χ0n) is 18.2. The van der Waals surface area contributed by atoms with Gasteiger partial charge in [0.25, 0.3) is 0 Å². The average molecular weight is 403 g/mol. The minimum Gasteiger partial charge on any atom is -0.491 e. The summed E-state index contributed by atoms with van der Waals surface area (Å²) in [5.74, 6) is 2.79. The van der Waals surface area contributed by atoms with Gasteiger partial charge in [-0.1, -0.05) is 31.1 Å². The highest BCUT2D eigenvalue weighted by atomic mass is 16.5. The molecule has 29 heavy (non-hydrogen) atoms. The smallest absolute Gasteiger partial charge is 0.191 e. The maximum absolute atomic E-state index is 5.85. The Morgan fingerprint density at radius 3 is 2.59 bits per heavy atom. The lowest BCUT2D eigenvalue weighted by atomic mass is 9.99. The van der Waals surface area contributed by atoms with Crippen LogP contribution in [0, 0.1) is 6.92 Å². The Labute approximate surface area is 173 Å². The van der Waals surface area contributed by atoms with Gasteiger partial charge in [0.15, 0.2) is 11.7 Å². The first-order valence-electron chi connectivity index (χ1n) is 10.2. The lowest BCUT2D eigenvalue weighted by Gasteiger charge is -2.15. The summed E-state index contributed by atoms with van der Waals surface area (Å²) in [5.41, 5.74) is 3.24. The molecule has 0 atom stereocenters. The number of hydrogen-bond donors (Lipinski definition) is 2. The first-order valence-corrected chi connectivity index (χ1v) is 10.2. The zero-order chi connectivity index (χ0) is 21.1. The number of benzene rings is 1. The largest absolute Gasteiger partial charge is 0.491 e. The van der Waals surface area contributed by atoms with Crippen molar-refractivity contribution in [2.75, 3.05) is 27.4 Å². The second-order valence-electron chi connectivity index (χ2n) is 6.96. The van der Waals surface area contributed by atoms with Crippen molar-refractivity contribution in [1.29, 1.82) is 0 Å². The second-order valence-corrected chi connectivity index (χ2v) is 6.96. The van der Waals surface area contributed by atoms with Gasteiger partial charge in [-0.05, 0) is 31.4 Å². The molecule has 0 saturated heterocycles. The molecule has 0 radical (unpaired) electrons. The van der Waals surface area contributed by atoms with Crippen LogP contribution in [0.25, 0.3) is 0 Å². The first kappa shape index (κ1) is 22.7. The summed E-state index contributed by atoms with van der Waals surface area (Å²) in [6.45, 7) is 8.59. The number of aliphatic imine (C=N–C) groups is 1. The third-order valence-electron chi connectivity index (χ3n) is 4.85. The fraction of sp³-hybridized carbons (Fsp3) is 0.545. The molecule has 0 bridgehead atoms. The fourth-order valence-corrected chi connectivity index (χ4v) is 3.06. The van der Waals surface area contributed by atoms with Crippen LogP contribution in [0.4, 0.5) is 0 Å². The number of ether oxygens (including phenoxy) is 2. The summed E-state index contributed by atoms with van der Waals surface area (Å²) in [6, 6.07) is 8.21. The van der Waals surface area contributed by atoms with Crippen LogP contribution in [0.2, 0.25) is 0 Å². The van der Waals surface area contributed by atoms with E-state index in [1.807, 2.05) is 19.1 Å². The number of methoxy groups -OCH3 is 1. The second kappa shape index (κ2) is 12.1. The summed E-state index contributed by atoms with van der Waals surface area (Å²) in [4.78, 5) is 4.29. The van der Waals surface area contributed by atoms with Gasteiger partial charge in [0.1, 0.15) is 12.4 Å². The minimum absolute atomic E-state index is 0.447. The van der Waals surface area contributed by atoms with E-state index in [9.17, 15) is 0 Å². The van der Waals surface area contributed by atoms with E-state index in [-0.39, 0.29) is 0 Å². The molecule has 160 valence electrons. The van der Waals surface area contributed by atoms with Crippen molar-refractivity contribution in [1.82, 2.24) is 15.8 Å². The zero-order valence-corrected chi connectivity index (χ0v) is 18.2. The summed E-state index contributed by atoms with van der Waals surface area (Å²) in [7, 11) is 3.41. The topological polar surface area (TPSA) is 80.9 Å².